The predicted molar refractivity (Wildman–Crippen MR) is 142 cm³/mol. The number of anilines is 1. The topological polar surface area (TPSA) is 165 Å². The van der Waals surface area contributed by atoms with Crippen molar-refractivity contribution in [3.8, 4) is 5.75 Å². The van der Waals surface area contributed by atoms with Crippen LogP contribution >= 0.6 is 0 Å². The average Bonchev–Trinajstić information content (AvgIpc) is 2.80. The van der Waals surface area contributed by atoms with Gasteiger partial charge in [0.1, 0.15) is 22.8 Å². The maximum absolute atomic E-state index is 14.0. The van der Waals surface area contributed by atoms with E-state index in [2.05, 4.69) is 13.8 Å². The van der Waals surface area contributed by atoms with Crippen LogP contribution < -0.4 is 10.6 Å². The number of phenolic OH excluding ortho intramolecular Hbond substituents is 1. The summed E-state index contributed by atoms with van der Waals surface area (Å²) < 4.78 is 0. The number of rotatable bonds is 6. The largest absolute Gasteiger partial charge is 0.508 e. The van der Waals surface area contributed by atoms with Crippen LogP contribution in [0.1, 0.15) is 43.4 Å². The number of aliphatic hydroxyl groups is 3. The highest BCUT2D eigenvalue weighted by molar-refractivity contribution is 6.24. The number of fused-ring (bicyclic) bond motifs is 3. The zero-order valence-electron chi connectivity index (χ0n) is 22.7. The molecule has 10 nitrogen and oxygen atoms in total. The van der Waals surface area contributed by atoms with Crippen molar-refractivity contribution in [2.75, 3.05) is 33.1 Å². The lowest BCUT2D eigenvalue weighted by Crippen LogP contribution is -2.65. The second kappa shape index (κ2) is 9.43. The van der Waals surface area contributed by atoms with E-state index in [1.165, 1.54) is 4.90 Å². The number of aromatic hydroxyl groups is 1. The molecule has 3 aliphatic carbocycles. The van der Waals surface area contributed by atoms with E-state index in [-0.39, 0.29) is 29.7 Å². The second-order valence-corrected chi connectivity index (χ2v) is 11.5. The molecule has 1 aromatic carbocycles. The van der Waals surface area contributed by atoms with Crippen LogP contribution in [0.5, 0.6) is 5.75 Å². The van der Waals surface area contributed by atoms with Gasteiger partial charge in [0.2, 0.25) is 5.78 Å². The van der Waals surface area contributed by atoms with Crippen LogP contribution in [0.15, 0.2) is 23.0 Å². The van der Waals surface area contributed by atoms with Crippen molar-refractivity contribution in [2.24, 2.45) is 23.5 Å². The van der Waals surface area contributed by atoms with E-state index >= 15 is 0 Å². The summed E-state index contributed by atoms with van der Waals surface area (Å²) in [4.78, 5) is 42.7. The van der Waals surface area contributed by atoms with Crippen molar-refractivity contribution >= 4 is 28.9 Å². The second-order valence-electron chi connectivity index (χ2n) is 11.5. The molecular formula is C28H37N3O7. The highest BCUT2D eigenvalue weighted by Gasteiger charge is 2.64. The summed E-state index contributed by atoms with van der Waals surface area (Å²) >= 11 is 0. The number of carbonyl (C=O) groups excluding carboxylic acids is 3. The van der Waals surface area contributed by atoms with Crippen molar-refractivity contribution in [3.63, 3.8) is 0 Å². The monoisotopic (exact) mass is 527 g/mol. The van der Waals surface area contributed by atoms with Crippen LogP contribution in [0.25, 0.3) is 5.76 Å². The average molecular weight is 528 g/mol. The Morgan fingerprint density at radius 2 is 1.79 bits per heavy atom. The number of ketones is 2. The summed E-state index contributed by atoms with van der Waals surface area (Å²) in [6.45, 7) is 4.14. The standard InChI is InChI=1S/C28H37N3O7/c1-12(2)7-8-13-11-17(30(3)4)15-9-14-10-16-21(31(5)6)24(34)20(27(29)37)26(36)28(16,38)25(35)18(14)23(33)19(15)22(13)32/h11-12,14,16,21,32-33,36,38H,7-10H2,1-6H3,(H2,29,37)/t14?,16?,21-,28+/m1/s1. The fourth-order valence-corrected chi connectivity index (χ4v) is 6.38. The molecule has 0 aromatic heterocycles. The fourth-order valence-electron chi connectivity index (χ4n) is 6.38. The minimum Gasteiger partial charge on any atom is -0.508 e. The molecule has 3 aliphatic rings. The number of aliphatic hydroxyl groups excluding tert-OH is 2. The van der Waals surface area contributed by atoms with Crippen molar-refractivity contribution in [3.05, 3.63) is 39.7 Å². The molecule has 0 bridgehead atoms. The molecule has 1 amide bonds. The SMILES string of the molecule is CC(C)CCc1cc(N(C)C)c2c(c1O)C(O)=C1C(=O)[C@]3(O)C(O)=C(C(N)=O)C(=O)[C@H](N(C)C)C3CC1C2. The first-order valence-electron chi connectivity index (χ1n) is 12.8. The first kappa shape index (κ1) is 27.7. The van der Waals surface area contributed by atoms with E-state index in [0.29, 0.717) is 23.5 Å². The van der Waals surface area contributed by atoms with E-state index in [4.69, 9.17) is 5.73 Å². The third kappa shape index (κ3) is 3.89. The molecule has 0 radical (unpaired) electrons. The molecule has 0 spiro atoms. The van der Waals surface area contributed by atoms with Gasteiger partial charge >= 0.3 is 0 Å². The number of hydrogen-bond acceptors (Lipinski definition) is 9. The maximum atomic E-state index is 14.0. The minimum absolute atomic E-state index is 0.0640. The third-order valence-electron chi connectivity index (χ3n) is 8.25. The van der Waals surface area contributed by atoms with Gasteiger partial charge < -0.3 is 31.1 Å². The summed E-state index contributed by atoms with van der Waals surface area (Å²) in [5.74, 6) is -6.02. The Morgan fingerprint density at radius 1 is 1.16 bits per heavy atom. The van der Waals surface area contributed by atoms with Gasteiger partial charge in [0, 0.05) is 31.3 Å². The van der Waals surface area contributed by atoms with Crippen LogP contribution in [0.2, 0.25) is 0 Å². The summed E-state index contributed by atoms with van der Waals surface area (Å²) in [6, 6.07) is 0.795. The van der Waals surface area contributed by atoms with E-state index in [1.54, 1.807) is 14.1 Å². The first-order valence-corrected chi connectivity index (χ1v) is 12.8. The molecule has 4 rings (SSSR count). The molecule has 38 heavy (non-hydrogen) atoms. The lowest BCUT2D eigenvalue weighted by molar-refractivity contribution is -0.153. The number of primary amides is 1. The van der Waals surface area contributed by atoms with E-state index in [0.717, 1.165) is 12.1 Å². The van der Waals surface area contributed by atoms with E-state index < -0.39 is 58.0 Å². The van der Waals surface area contributed by atoms with Crippen molar-refractivity contribution in [1.82, 2.24) is 4.90 Å². The molecule has 6 N–H and O–H groups in total. The Morgan fingerprint density at radius 3 is 2.32 bits per heavy atom. The summed E-state index contributed by atoms with van der Waals surface area (Å²) in [6.07, 6.45) is 1.68. The predicted octanol–water partition coefficient (Wildman–Crippen LogP) is 1.62. The molecule has 0 heterocycles. The van der Waals surface area contributed by atoms with E-state index in [9.17, 15) is 34.8 Å². The number of likely N-dealkylation sites (N-methyl/N-ethyl adjacent to an activating group) is 1. The van der Waals surface area contributed by atoms with Crippen LogP contribution in [-0.2, 0) is 27.2 Å². The van der Waals surface area contributed by atoms with Crippen LogP contribution in [0, 0.1) is 17.8 Å². The zero-order chi connectivity index (χ0) is 28.4. The van der Waals surface area contributed by atoms with Gasteiger partial charge in [-0.25, -0.2) is 0 Å². The molecule has 4 atom stereocenters. The number of phenols is 1. The quantitative estimate of drug-likeness (QED) is 0.346. The summed E-state index contributed by atoms with van der Waals surface area (Å²) in [7, 11) is 6.87. The number of amides is 1. The van der Waals surface area contributed by atoms with Crippen LogP contribution in [0.3, 0.4) is 0 Å². The number of aryl methyl sites for hydroxylation is 1. The van der Waals surface area contributed by atoms with Crippen LogP contribution in [0.4, 0.5) is 5.69 Å². The third-order valence-corrected chi connectivity index (χ3v) is 8.25. The summed E-state index contributed by atoms with van der Waals surface area (Å²) in [5.41, 5.74) is 3.98. The Kier molecular flexibility index (Phi) is 6.86. The number of nitrogens with zero attached hydrogens (tertiary/aromatic N) is 2. The smallest absolute Gasteiger partial charge is 0.255 e. The van der Waals surface area contributed by atoms with Gasteiger partial charge in [0.15, 0.2) is 11.4 Å². The van der Waals surface area contributed by atoms with Crippen molar-refractivity contribution in [2.45, 2.75) is 51.2 Å². The van der Waals surface area contributed by atoms with Gasteiger partial charge in [0.05, 0.1) is 11.6 Å². The highest BCUT2D eigenvalue weighted by atomic mass is 16.3. The first-order chi connectivity index (χ1) is 17.6. The van der Waals surface area contributed by atoms with Crippen LogP contribution in [-0.4, -0.2) is 82.6 Å². The molecule has 1 saturated carbocycles. The lowest BCUT2D eigenvalue weighted by Gasteiger charge is -2.50. The Bertz CT molecular complexity index is 1290. The Balaban J connectivity index is 1.97. The van der Waals surface area contributed by atoms with Gasteiger partial charge in [-0.1, -0.05) is 13.8 Å². The molecule has 1 fully saturated rings. The molecule has 2 unspecified atom stereocenters. The van der Waals surface area contributed by atoms with Gasteiger partial charge in [0.25, 0.3) is 5.91 Å². The Labute approximate surface area is 222 Å². The van der Waals surface area contributed by atoms with Gasteiger partial charge in [-0.05, 0) is 68.8 Å². The fraction of sp³-hybridized carbons (Fsp3) is 0.536. The molecule has 206 valence electrons. The number of benzene rings is 1. The van der Waals surface area contributed by atoms with Crippen molar-refractivity contribution < 1.29 is 34.8 Å². The van der Waals surface area contributed by atoms with Gasteiger partial charge in [-0.15, -0.1) is 0 Å². The van der Waals surface area contributed by atoms with Gasteiger partial charge in [-0.2, -0.15) is 0 Å². The molecule has 10 heteroatoms. The summed E-state index contributed by atoms with van der Waals surface area (Å²) in [5, 5.41) is 45.5. The minimum atomic E-state index is -2.64. The number of carbonyl (C=O) groups is 3. The molecule has 0 aliphatic heterocycles. The van der Waals surface area contributed by atoms with E-state index in [1.807, 2.05) is 25.1 Å². The lowest BCUT2D eigenvalue weighted by atomic mass is 9.57. The highest BCUT2D eigenvalue weighted by Crippen LogP contribution is 2.54. The molecule has 0 saturated heterocycles. The van der Waals surface area contributed by atoms with Crippen molar-refractivity contribution in [1.29, 1.82) is 0 Å². The maximum Gasteiger partial charge on any atom is 0.255 e. The number of Topliss-reactive ketones (excluding diaryl/α,β-unsaturated/α-hetero) is 2. The van der Waals surface area contributed by atoms with Gasteiger partial charge in [-0.3, -0.25) is 19.3 Å². The Hall–Kier alpha value is -3.37. The number of hydrogen-bond donors (Lipinski definition) is 5. The zero-order valence-corrected chi connectivity index (χ0v) is 22.7. The molecule has 1 aromatic rings. The molecular weight excluding hydrogens is 490 g/mol. The normalized spacial score (nSPS) is 27.0. The number of nitrogens with two attached hydrogens (primary N) is 1.